The second-order valence-electron chi connectivity index (χ2n) is 10.3. The maximum absolute atomic E-state index is 14.3. The summed E-state index contributed by atoms with van der Waals surface area (Å²) in [5.74, 6) is 0.849. The molecule has 2 aromatic rings. The van der Waals surface area contributed by atoms with Gasteiger partial charge in [-0.25, -0.2) is 4.99 Å². The van der Waals surface area contributed by atoms with Crippen molar-refractivity contribution in [2.24, 2.45) is 4.99 Å². The average Bonchev–Trinajstić information content (AvgIpc) is 3.12. The zero-order valence-electron chi connectivity index (χ0n) is 20.5. The van der Waals surface area contributed by atoms with E-state index in [2.05, 4.69) is 58.6 Å². The largest absolute Gasteiger partial charge is 0.397 e. The number of nitrogens with zero attached hydrogens (tertiary/aromatic N) is 2. The number of rotatable bonds is 6. The lowest BCUT2D eigenvalue weighted by atomic mass is 9.87. The van der Waals surface area contributed by atoms with Crippen LogP contribution in [-0.2, 0) is 4.43 Å². The van der Waals surface area contributed by atoms with Crippen molar-refractivity contribution in [2.75, 3.05) is 11.4 Å². The van der Waals surface area contributed by atoms with Crippen molar-refractivity contribution in [2.45, 2.75) is 77.1 Å². The molecule has 1 unspecified atom stereocenters. The normalized spacial score (nSPS) is 20.8. The van der Waals surface area contributed by atoms with Crippen LogP contribution >= 0.6 is 0 Å². The molecule has 1 fully saturated rings. The van der Waals surface area contributed by atoms with Crippen LogP contribution in [0.2, 0.25) is 16.6 Å². The van der Waals surface area contributed by atoms with Gasteiger partial charge in [0, 0.05) is 24.2 Å². The van der Waals surface area contributed by atoms with Crippen molar-refractivity contribution in [1.29, 1.82) is 0 Å². The van der Waals surface area contributed by atoms with Gasteiger partial charge in [0.05, 0.1) is 5.69 Å². The number of aliphatic imine (C=N–C) groups is 1. The molecule has 0 spiro atoms. The van der Waals surface area contributed by atoms with Gasteiger partial charge in [-0.15, -0.1) is 0 Å². The van der Waals surface area contributed by atoms with Gasteiger partial charge in [-0.1, -0.05) is 71.4 Å². The second-order valence-corrected chi connectivity index (χ2v) is 15.6. The minimum Gasteiger partial charge on any atom is -0.397 e. The van der Waals surface area contributed by atoms with Gasteiger partial charge in [-0.3, -0.25) is 4.79 Å². The van der Waals surface area contributed by atoms with Crippen molar-refractivity contribution in [3.8, 4) is 0 Å². The summed E-state index contributed by atoms with van der Waals surface area (Å²) >= 11 is 0. The number of ketones is 1. The molecule has 1 saturated heterocycles. The highest BCUT2D eigenvalue weighted by Gasteiger charge is 2.60. The third-order valence-electron chi connectivity index (χ3n) is 7.42. The van der Waals surface area contributed by atoms with Crippen LogP contribution in [0.15, 0.2) is 53.5 Å². The Bertz CT molecular complexity index is 1020. The molecule has 4 nitrogen and oxygen atoms in total. The van der Waals surface area contributed by atoms with E-state index in [-0.39, 0.29) is 5.78 Å². The number of fused-ring (bicyclic) bond motifs is 2. The molecule has 0 saturated carbocycles. The number of Topliss-reactive ketones (excluding diaryl/α,β-unsaturated/α-hetero) is 1. The first kappa shape index (κ1) is 22.9. The molecular weight excluding hydrogens is 412 g/mol. The molecule has 2 aliphatic heterocycles. The van der Waals surface area contributed by atoms with E-state index in [0.29, 0.717) is 28.6 Å². The van der Waals surface area contributed by atoms with E-state index in [4.69, 9.17) is 9.42 Å². The molecule has 2 aromatic carbocycles. The minimum atomic E-state index is -2.35. The summed E-state index contributed by atoms with van der Waals surface area (Å²) in [6.07, 6.45) is 0.633. The molecule has 0 amide bonds. The molecule has 170 valence electrons. The molecule has 4 rings (SSSR count). The number of carbonyl (C=O) groups is 1. The number of para-hydroxylation sites is 1. The van der Waals surface area contributed by atoms with E-state index >= 15 is 0 Å². The van der Waals surface area contributed by atoms with Gasteiger partial charge >= 0.3 is 0 Å². The highest BCUT2D eigenvalue weighted by molar-refractivity contribution is 6.78. The maximum atomic E-state index is 14.3. The van der Waals surface area contributed by atoms with E-state index < -0.39 is 13.9 Å². The van der Waals surface area contributed by atoms with Crippen molar-refractivity contribution < 1.29 is 9.22 Å². The Balaban J connectivity index is 1.93. The summed E-state index contributed by atoms with van der Waals surface area (Å²) in [7, 11) is -2.35. The first-order valence-corrected chi connectivity index (χ1v) is 14.0. The SMILES string of the molecule is Cc1ccc2c(c1)C(=O)C1(O[Si](C(C)C)(C(C)C)C(C)C)CCN(c3ccccc3)C1=N2. The maximum Gasteiger partial charge on any atom is 0.203 e. The monoisotopic (exact) mass is 448 g/mol. The van der Waals surface area contributed by atoms with E-state index in [1.54, 1.807) is 0 Å². The molecule has 0 N–H and O–H groups in total. The van der Waals surface area contributed by atoms with Gasteiger partial charge in [0.1, 0.15) is 5.84 Å². The van der Waals surface area contributed by atoms with E-state index in [1.165, 1.54) is 0 Å². The molecule has 0 bridgehead atoms. The number of carbonyl (C=O) groups excluding carboxylic acids is 1. The second kappa shape index (κ2) is 8.27. The Hall–Kier alpha value is -2.24. The highest BCUT2D eigenvalue weighted by Crippen LogP contribution is 2.50. The minimum absolute atomic E-state index is 0.0819. The van der Waals surface area contributed by atoms with Crippen molar-refractivity contribution in [3.05, 3.63) is 59.7 Å². The molecule has 0 aliphatic carbocycles. The zero-order valence-corrected chi connectivity index (χ0v) is 21.5. The molecule has 2 heterocycles. The fraction of sp³-hybridized carbons (Fsp3) is 0.481. The summed E-state index contributed by atoms with van der Waals surface area (Å²) < 4.78 is 7.35. The summed E-state index contributed by atoms with van der Waals surface area (Å²) in [6, 6.07) is 16.3. The van der Waals surface area contributed by atoms with Gasteiger partial charge < -0.3 is 9.33 Å². The zero-order chi connectivity index (χ0) is 23.3. The van der Waals surface area contributed by atoms with Crippen molar-refractivity contribution >= 4 is 31.3 Å². The molecule has 2 aliphatic rings. The van der Waals surface area contributed by atoms with Crippen molar-refractivity contribution in [3.63, 3.8) is 0 Å². The molecule has 0 aromatic heterocycles. The Morgan fingerprint density at radius 1 is 0.969 bits per heavy atom. The lowest BCUT2D eigenvalue weighted by molar-refractivity contribution is 0.0622. The van der Waals surface area contributed by atoms with Gasteiger partial charge in [-0.05, 0) is 47.8 Å². The highest BCUT2D eigenvalue weighted by atomic mass is 28.4. The average molecular weight is 449 g/mol. The number of aryl methyl sites for hydroxylation is 1. The molecule has 32 heavy (non-hydrogen) atoms. The number of hydrogen-bond acceptors (Lipinski definition) is 4. The van der Waals surface area contributed by atoms with Crippen LogP contribution in [0.3, 0.4) is 0 Å². The lowest BCUT2D eigenvalue weighted by Crippen LogP contribution is -2.61. The predicted molar refractivity (Wildman–Crippen MR) is 136 cm³/mol. The van der Waals surface area contributed by atoms with Crippen molar-refractivity contribution in [1.82, 2.24) is 0 Å². The summed E-state index contributed by atoms with van der Waals surface area (Å²) in [5.41, 5.74) is 3.73. The Morgan fingerprint density at radius 2 is 1.59 bits per heavy atom. The molecule has 1 atom stereocenters. The van der Waals surface area contributed by atoms with Gasteiger partial charge in [0.2, 0.25) is 14.1 Å². The van der Waals surface area contributed by atoms with Crippen LogP contribution in [-0.4, -0.2) is 32.1 Å². The molecule has 5 heteroatoms. The third-order valence-corrected chi connectivity index (χ3v) is 13.5. The number of amidine groups is 1. The Labute approximate surface area is 193 Å². The first-order valence-electron chi connectivity index (χ1n) is 11.9. The van der Waals surface area contributed by atoms with Gasteiger partial charge in [0.15, 0.2) is 5.60 Å². The quantitative estimate of drug-likeness (QED) is 0.444. The van der Waals surface area contributed by atoms with Gasteiger partial charge in [-0.2, -0.15) is 0 Å². The predicted octanol–water partition coefficient (Wildman–Crippen LogP) is 7.06. The summed E-state index contributed by atoms with van der Waals surface area (Å²) in [5, 5.41) is 0. The third kappa shape index (κ3) is 3.37. The van der Waals surface area contributed by atoms with Crippen LogP contribution in [0.5, 0.6) is 0 Å². The fourth-order valence-electron chi connectivity index (χ4n) is 5.99. The van der Waals surface area contributed by atoms with Crippen LogP contribution in [0.4, 0.5) is 11.4 Å². The standard InChI is InChI=1S/C27H36N2O2Si/c1-18(2)32(19(3)4,20(5)6)31-27-15-16-29(22-11-9-8-10-12-22)26(27)28-24-14-13-21(7)17-23(24)25(27)30/h8-14,17-20H,15-16H2,1-7H3. The van der Waals surface area contributed by atoms with E-state index in [1.807, 2.05) is 43.3 Å². The fourth-order valence-corrected chi connectivity index (χ4v) is 11.6. The van der Waals surface area contributed by atoms with E-state index in [9.17, 15) is 4.79 Å². The van der Waals surface area contributed by atoms with Crippen LogP contribution in [0.1, 0.15) is 63.9 Å². The van der Waals surface area contributed by atoms with Crippen LogP contribution in [0.25, 0.3) is 0 Å². The number of anilines is 1. The van der Waals surface area contributed by atoms with Crippen LogP contribution < -0.4 is 4.90 Å². The molecule has 0 radical (unpaired) electrons. The summed E-state index contributed by atoms with van der Waals surface area (Å²) in [6.45, 7) is 16.4. The Kier molecular flexibility index (Phi) is 5.93. The lowest BCUT2D eigenvalue weighted by Gasteiger charge is -2.48. The summed E-state index contributed by atoms with van der Waals surface area (Å²) in [4.78, 5) is 21.6. The number of hydrogen-bond donors (Lipinski definition) is 0. The molecular formula is C27H36N2O2Si. The smallest absolute Gasteiger partial charge is 0.203 e. The van der Waals surface area contributed by atoms with E-state index in [0.717, 1.165) is 29.3 Å². The Morgan fingerprint density at radius 3 is 2.19 bits per heavy atom. The topological polar surface area (TPSA) is 41.9 Å². The first-order chi connectivity index (χ1) is 15.1. The van der Waals surface area contributed by atoms with Crippen LogP contribution in [0, 0.1) is 6.92 Å². The number of benzene rings is 2. The van der Waals surface area contributed by atoms with Gasteiger partial charge in [0.25, 0.3) is 0 Å².